The van der Waals surface area contributed by atoms with Gasteiger partial charge in [-0.25, -0.2) is 13.1 Å². The molecule has 1 aliphatic carbocycles. The maximum atomic E-state index is 11.9. The van der Waals surface area contributed by atoms with E-state index >= 15 is 0 Å². The number of carbonyl (C=O) groups excluding carboxylic acids is 1. The van der Waals surface area contributed by atoms with Gasteiger partial charge in [0.15, 0.2) is 0 Å². The minimum absolute atomic E-state index is 0.0177. The minimum Gasteiger partial charge on any atom is -0.376 e. The van der Waals surface area contributed by atoms with Crippen LogP contribution in [0.15, 0.2) is 0 Å². The number of amides is 1. The molecule has 1 N–H and O–H groups in total. The van der Waals surface area contributed by atoms with Crippen LogP contribution < -0.4 is 4.72 Å². The molecule has 1 aliphatic heterocycles. The second-order valence-electron chi connectivity index (χ2n) is 7.13. The predicted molar refractivity (Wildman–Crippen MR) is 89.5 cm³/mol. The maximum absolute atomic E-state index is 11.9. The Kier molecular flexibility index (Phi) is 6.45. The van der Waals surface area contributed by atoms with E-state index in [1.54, 1.807) is 4.90 Å². The summed E-state index contributed by atoms with van der Waals surface area (Å²) in [5, 5.41) is 0. The molecule has 0 spiro atoms. The van der Waals surface area contributed by atoms with E-state index in [-0.39, 0.29) is 24.1 Å². The van der Waals surface area contributed by atoms with Crippen LogP contribution in [0, 0.1) is 5.92 Å². The molecule has 7 heteroatoms. The van der Waals surface area contributed by atoms with Gasteiger partial charge in [0.25, 0.3) is 0 Å². The number of sulfonamides is 1. The summed E-state index contributed by atoms with van der Waals surface area (Å²) in [4.78, 5) is 13.7. The number of hydrogen-bond donors (Lipinski definition) is 1. The fraction of sp³-hybridized carbons (Fsp3) is 0.938. The third-order valence-electron chi connectivity index (χ3n) is 5.01. The zero-order valence-electron chi connectivity index (χ0n) is 14.5. The molecule has 0 bridgehead atoms. The molecule has 6 nitrogen and oxygen atoms in total. The van der Waals surface area contributed by atoms with Crippen molar-refractivity contribution in [1.29, 1.82) is 0 Å². The Balaban J connectivity index is 1.99. The van der Waals surface area contributed by atoms with Crippen molar-refractivity contribution in [3.05, 3.63) is 0 Å². The SMILES string of the molecule is CC(=O)N1CCC[C@@H](NS(C)(=O)=O)[C@H]1CO[C@H]1CC[C@@H](C)CC1. The largest absolute Gasteiger partial charge is 0.376 e. The molecule has 0 aromatic rings. The predicted octanol–water partition coefficient (Wildman–Crippen LogP) is 1.51. The monoisotopic (exact) mass is 346 g/mol. The summed E-state index contributed by atoms with van der Waals surface area (Å²) < 4.78 is 32.0. The average Bonchev–Trinajstić information content (AvgIpc) is 2.45. The Morgan fingerprint density at radius 3 is 2.43 bits per heavy atom. The van der Waals surface area contributed by atoms with Gasteiger partial charge in [-0.05, 0) is 44.4 Å². The highest BCUT2D eigenvalue weighted by atomic mass is 32.2. The number of nitrogens with zero attached hydrogens (tertiary/aromatic N) is 1. The fourth-order valence-electron chi connectivity index (χ4n) is 3.70. The van der Waals surface area contributed by atoms with Crippen molar-refractivity contribution >= 4 is 15.9 Å². The summed E-state index contributed by atoms with van der Waals surface area (Å²) in [6.45, 7) is 4.89. The van der Waals surface area contributed by atoms with E-state index in [1.807, 2.05) is 0 Å². The number of nitrogens with one attached hydrogen (secondary N) is 1. The van der Waals surface area contributed by atoms with Gasteiger partial charge >= 0.3 is 0 Å². The zero-order valence-corrected chi connectivity index (χ0v) is 15.3. The summed E-state index contributed by atoms with van der Waals surface area (Å²) >= 11 is 0. The molecule has 0 unspecified atom stereocenters. The molecule has 1 saturated carbocycles. The Bertz CT molecular complexity index is 500. The molecule has 2 aliphatic rings. The first-order valence-electron chi connectivity index (χ1n) is 8.62. The van der Waals surface area contributed by atoms with Crippen LogP contribution in [0.25, 0.3) is 0 Å². The van der Waals surface area contributed by atoms with Crippen LogP contribution in [0.4, 0.5) is 0 Å². The van der Waals surface area contributed by atoms with Crippen molar-refractivity contribution in [1.82, 2.24) is 9.62 Å². The molecular formula is C16H30N2O4S. The number of hydrogen-bond acceptors (Lipinski definition) is 4. The van der Waals surface area contributed by atoms with Crippen LogP contribution in [-0.4, -0.2) is 56.8 Å². The Morgan fingerprint density at radius 1 is 1.22 bits per heavy atom. The van der Waals surface area contributed by atoms with Crippen LogP contribution in [0.1, 0.15) is 52.4 Å². The third kappa shape index (κ3) is 5.72. The van der Waals surface area contributed by atoms with Gasteiger partial charge in [0.1, 0.15) is 0 Å². The molecule has 2 rings (SSSR count). The van der Waals surface area contributed by atoms with Gasteiger partial charge < -0.3 is 9.64 Å². The van der Waals surface area contributed by atoms with Crippen molar-refractivity contribution in [3.63, 3.8) is 0 Å². The topological polar surface area (TPSA) is 75.7 Å². The summed E-state index contributed by atoms with van der Waals surface area (Å²) in [6.07, 6.45) is 7.42. The summed E-state index contributed by atoms with van der Waals surface area (Å²) in [6, 6.07) is -0.472. The number of carbonyl (C=O) groups is 1. The lowest BCUT2D eigenvalue weighted by molar-refractivity contribution is -0.136. The molecule has 1 saturated heterocycles. The Morgan fingerprint density at radius 2 is 1.87 bits per heavy atom. The molecular weight excluding hydrogens is 316 g/mol. The van der Waals surface area contributed by atoms with Crippen molar-refractivity contribution in [2.24, 2.45) is 5.92 Å². The molecule has 0 radical (unpaired) electrons. The lowest BCUT2D eigenvalue weighted by Gasteiger charge is -2.41. The van der Waals surface area contributed by atoms with E-state index in [9.17, 15) is 13.2 Å². The molecule has 0 aromatic carbocycles. The van der Waals surface area contributed by atoms with Crippen LogP contribution >= 0.6 is 0 Å². The van der Waals surface area contributed by atoms with E-state index in [2.05, 4.69) is 11.6 Å². The van der Waals surface area contributed by atoms with Gasteiger partial charge in [-0.3, -0.25) is 4.79 Å². The van der Waals surface area contributed by atoms with E-state index < -0.39 is 10.0 Å². The van der Waals surface area contributed by atoms with Crippen LogP contribution in [0.5, 0.6) is 0 Å². The fourth-order valence-corrected chi connectivity index (χ4v) is 4.52. The van der Waals surface area contributed by atoms with E-state index in [1.165, 1.54) is 26.0 Å². The maximum Gasteiger partial charge on any atom is 0.219 e. The van der Waals surface area contributed by atoms with E-state index in [0.29, 0.717) is 13.2 Å². The van der Waals surface area contributed by atoms with Gasteiger partial charge in [-0.15, -0.1) is 0 Å². The van der Waals surface area contributed by atoms with Gasteiger partial charge in [0, 0.05) is 19.5 Å². The molecule has 1 amide bonds. The lowest BCUT2D eigenvalue weighted by atomic mass is 9.89. The first kappa shape index (κ1) is 18.7. The van der Waals surface area contributed by atoms with Gasteiger partial charge in [-0.2, -0.15) is 0 Å². The standard InChI is InChI=1S/C16H30N2O4S/c1-12-6-8-14(9-7-12)22-11-16-15(17-23(3,20)21)5-4-10-18(16)13(2)19/h12,14-17H,4-11H2,1-3H3/t12-,14+,15-,16-/m1/s1. The highest BCUT2D eigenvalue weighted by Crippen LogP contribution is 2.27. The summed E-state index contributed by atoms with van der Waals surface area (Å²) in [5.41, 5.74) is 0. The van der Waals surface area contributed by atoms with Gasteiger partial charge in [0.2, 0.25) is 15.9 Å². The third-order valence-corrected chi connectivity index (χ3v) is 5.75. The Labute approximate surface area is 140 Å². The molecule has 2 fully saturated rings. The summed E-state index contributed by atoms with van der Waals surface area (Å²) in [5.74, 6) is 0.744. The van der Waals surface area contributed by atoms with Crippen molar-refractivity contribution in [2.45, 2.75) is 70.6 Å². The average molecular weight is 346 g/mol. The molecule has 1 heterocycles. The Hall–Kier alpha value is -0.660. The molecule has 2 atom stereocenters. The first-order valence-corrected chi connectivity index (χ1v) is 10.5. The number of likely N-dealkylation sites (tertiary alicyclic amines) is 1. The van der Waals surface area contributed by atoms with Crippen molar-refractivity contribution in [3.8, 4) is 0 Å². The van der Waals surface area contributed by atoms with Crippen LogP contribution in [0.2, 0.25) is 0 Å². The van der Waals surface area contributed by atoms with Crippen LogP contribution in [-0.2, 0) is 19.6 Å². The number of ether oxygens (including phenoxy) is 1. The minimum atomic E-state index is -3.30. The molecule has 134 valence electrons. The quantitative estimate of drug-likeness (QED) is 0.819. The van der Waals surface area contributed by atoms with Gasteiger partial charge in [0.05, 0.1) is 25.0 Å². The van der Waals surface area contributed by atoms with Crippen molar-refractivity contribution < 1.29 is 17.9 Å². The molecule has 0 aromatic heterocycles. The van der Waals surface area contributed by atoms with Crippen LogP contribution in [0.3, 0.4) is 0 Å². The lowest BCUT2D eigenvalue weighted by Crippen LogP contribution is -2.58. The highest BCUT2D eigenvalue weighted by Gasteiger charge is 2.35. The highest BCUT2D eigenvalue weighted by molar-refractivity contribution is 7.88. The number of piperidine rings is 1. The second-order valence-corrected chi connectivity index (χ2v) is 8.91. The molecule has 23 heavy (non-hydrogen) atoms. The second kappa shape index (κ2) is 7.94. The van der Waals surface area contributed by atoms with E-state index in [0.717, 1.165) is 31.6 Å². The van der Waals surface area contributed by atoms with Gasteiger partial charge in [-0.1, -0.05) is 6.92 Å². The smallest absolute Gasteiger partial charge is 0.219 e. The first-order chi connectivity index (χ1) is 10.8. The van der Waals surface area contributed by atoms with Crippen molar-refractivity contribution in [2.75, 3.05) is 19.4 Å². The normalized spacial score (nSPS) is 32.7. The summed E-state index contributed by atoms with van der Waals surface area (Å²) in [7, 11) is -3.30. The number of rotatable bonds is 5. The van der Waals surface area contributed by atoms with E-state index in [4.69, 9.17) is 4.74 Å². The zero-order chi connectivity index (χ0) is 17.0.